The molecular weight excluding hydrogens is 584 g/mol. The van der Waals surface area contributed by atoms with Crippen LogP contribution in [0.4, 0.5) is 5.69 Å². The van der Waals surface area contributed by atoms with Gasteiger partial charge in [0.1, 0.15) is 6.33 Å². The van der Waals surface area contributed by atoms with Crippen molar-refractivity contribution in [1.82, 2.24) is 35.7 Å². The highest BCUT2D eigenvalue weighted by Crippen LogP contribution is 2.23. The molecule has 0 bridgehead atoms. The predicted molar refractivity (Wildman–Crippen MR) is 165 cm³/mol. The number of amides is 1. The molecule has 0 radical (unpaired) electrons. The van der Waals surface area contributed by atoms with Crippen LogP contribution in [0.5, 0.6) is 0 Å². The van der Waals surface area contributed by atoms with Crippen molar-refractivity contribution in [2.24, 2.45) is 0 Å². The summed E-state index contributed by atoms with van der Waals surface area (Å²) in [6.07, 6.45) is 4.91. The van der Waals surface area contributed by atoms with E-state index in [-0.39, 0.29) is 12.4 Å². The number of esters is 1. The van der Waals surface area contributed by atoms with E-state index >= 15 is 0 Å². The Bertz CT molecular complexity index is 1850. The summed E-state index contributed by atoms with van der Waals surface area (Å²) in [6, 6.07) is 20.4. The number of halogens is 1. The summed E-state index contributed by atoms with van der Waals surface area (Å²) >= 11 is 6.21. The summed E-state index contributed by atoms with van der Waals surface area (Å²) < 4.78 is 6.19. The van der Waals surface area contributed by atoms with Crippen LogP contribution in [-0.4, -0.2) is 49.4 Å². The van der Waals surface area contributed by atoms with Crippen LogP contribution in [0.25, 0.3) is 22.9 Å². The van der Waals surface area contributed by atoms with E-state index in [1.165, 1.54) is 24.2 Å². The van der Waals surface area contributed by atoms with Gasteiger partial charge >= 0.3 is 5.97 Å². The molecule has 0 aliphatic heterocycles. The maximum atomic E-state index is 13.3. The largest absolute Gasteiger partial charge is 0.469 e. The maximum absolute atomic E-state index is 13.3. The number of nitrogen functional groups attached to an aromatic ring is 1. The van der Waals surface area contributed by atoms with Gasteiger partial charge in [0.2, 0.25) is 5.91 Å². The number of aromatic nitrogens is 6. The number of aromatic amines is 1. The third kappa shape index (κ3) is 7.41. The topological polar surface area (TPSA) is 171 Å². The molecule has 0 saturated heterocycles. The molecule has 5 aromatic rings. The van der Waals surface area contributed by atoms with E-state index in [0.717, 1.165) is 11.1 Å². The van der Waals surface area contributed by atoms with Crippen LogP contribution in [-0.2, 0) is 27.2 Å². The van der Waals surface area contributed by atoms with Gasteiger partial charge in [-0.15, -0.1) is 5.10 Å². The third-order valence-electron chi connectivity index (χ3n) is 6.76. The Morgan fingerprint density at radius 3 is 2.52 bits per heavy atom. The van der Waals surface area contributed by atoms with Crippen molar-refractivity contribution < 1.29 is 14.3 Å². The first-order valence-electron chi connectivity index (χ1n) is 13.4. The number of H-pyrrole nitrogens is 1. The van der Waals surface area contributed by atoms with Gasteiger partial charge in [-0.05, 0) is 76.0 Å². The molecule has 0 unspecified atom stereocenters. The summed E-state index contributed by atoms with van der Waals surface area (Å²) in [7, 11) is 1.33. The van der Waals surface area contributed by atoms with E-state index in [1.807, 2.05) is 12.1 Å². The van der Waals surface area contributed by atoms with E-state index in [0.29, 0.717) is 45.2 Å². The molecule has 0 spiro atoms. The van der Waals surface area contributed by atoms with Gasteiger partial charge in [-0.3, -0.25) is 14.4 Å². The molecule has 5 rings (SSSR count). The number of anilines is 1. The number of nitrogens with two attached hydrogens (primary N) is 1. The van der Waals surface area contributed by atoms with Crippen molar-refractivity contribution in [2.75, 3.05) is 12.8 Å². The second kappa shape index (κ2) is 13.6. The molecule has 4 N–H and O–H groups in total. The van der Waals surface area contributed by atoms with E-state index in [1.54, 1.807) is 66.7 Å². The summed E-state index contributed by atoms with van der Waals surface area (Å²) in [4.78, 5) is 37.7. The molecule has 1 atom stereocenters. The van der Waals surface area contributed by atoms with Crippen LogP contribution >= 0.6 is 11.6 Å². The number of hydrogen-bond donors (Lipinski definition) is 3. The fourth-order valence-corrected chi connectivity index (χ4v) is 4.68. The number of carbonyl (C=O) groups excluding carboxylic acids is 2. The molecule has 2 heterocycles. The fraction of sp³-hybridized carbons (Fsp3) is 0.129. The SMILES string of the molecule is COC(=O)Cc1ccc(-c2cc([C@H](Cc3ccc(N)cc3)NC(=O)/C=C/c3cc(Cl)ccc3-n3cnnn3)n[nH]c2=O)cc1. The Kier molecular flexibility index (Phi) is 9.21. The van der Waals surface area contributed by atoms with Crippen LogP contribution in [0.2, 0.25) is 5.02 Å². The lowest BCUT2D eigenvalue weighted by atomic mass is 9.99. The van der Waals surface area contributed by atoms with Crippen molar-refractivity contribution >= 4 is 35.2 Å². The second-order valence-electron chi connectivity index (χ2n) is 9.78. The number of nitrogens with one attached hydrogen (secondary N) is 2. The predicted octanol–water partition coefficient (Wildman–Crippen LogP) is 3.48. The van der Waals surface area contributed by atoms with Gasteiger partial charge in [0.15, 0.2) is 0 Å². The van der Waals surface area contributed by atoms with Gasteiger partial charge in [-0.2, -0.15) is 9.78 Å². The van der Waals surface area contributed by atoms with Crippen molar-refractivity contribution in [1.29, 1.82) is 0 Å². The molecule has 0 aliphatic carbocycles. The Morgan fingerprint density at radius 2 is 1.82 bits per heavy atom. The van der Waals surface area contributed by atoms with Gasteiger partial charge < -0.3 is 15.8 Å². The van der Waals surface area contributed by atoms with Crippen LogP contribution in [0.1, 0.15) is 28.4 Å². The van der Waals surface area contributed by atoms with Crippen LogP contribution in [0, 0.1) is 0 Å². The average molecular weight is 611 g/mol. The quantitative estimate of drug-likeness (QED) is 0.122. The van der Waals surface area contributed by atoms with E-state index in [2.05, 4.69) is 31.0 Å². The molecule has 222 valence electrons. The average Bonchev–Trinajstić information content (AvgIpc) is 3.56. The molecule has 12 nitrogen and oxygen atoms in total. The lowest BCUT2D eigenvalue weighted by Gasteiger charge is -2.18. The number of ether oxygens (including phenoxy) is 1. The van der Waals surface area contributed by atoms with Crippen LogP contribution in [0.15, 0.2) is 90.0 Å². The molecule has 1 amide bonds. The zero-order valence-corrected chi connectivity index (χ0v) is 24.2. The molecule has 0 saturated carbocycles. The minimum atomic E-state index is -0.622. The summed E-state index contributed by atoms with van der Waals surface area (Å²) in [5.41, 5.74) is 10.4. The number of hydrogen-bond acceptors (Lipinski definition) is 9. The highest BCUT2D eigenvalue weighted by Gasteiger charge is 2.19. The van der Waals surface area contributed by atoms with Crippen molar-refractivity contribution in [3.05, 3.63) is 123 Å². The van der Waals surface area contributed by atoms with Crippen molar-refractivity contribution in [2.45, 2.75) is 18.9 Å². The zero-order valence-electron chi connectivity index (χ0n) is 23.5. The minimum Gasteiger partial charge on any atom is -0.469 e. The Labute approximate surface area is 256 Å². The Balaban J connectivity index is 1.43. The number of carbonyl (C=O) groups is 2. The number of benzene rings is 3. The first kappa shape index (κ1) is 29.9. The molecule has 3 aromatic carbocycles. The monoisotopic (exact) mass is 610 g/mol. The van der Waals surface area contributed by atoms with Gasteiger partial charge in [-0.1, -0.05) is 48.0 Å². The Morgan fingerprint density at radius 1 is 1.07 bits per heavy atom. The van der Waals surface area contributed by atoms with Crippen LogP contribution in [0.3, 0.4) is 0 Å². The lowest BCUT2D eigenvalue weighted by molar-refractivity contribution is -0.139. The lowest BCUT2D eigenvalue weighted by Crippen LogP contribution is -2.30. The van der Waals surface area contributed by atoms with Crippen molar-refractivity contribution in [3.63, 3.8) is 0 Å². The summed E-state index contributed by atoms with van der Waals surface area (Å²) in [5.74, 6) is -0.770. The molecule has 2 aromatic heterocycles. The molecule has 44 heavy (non-hydrogen) atoms. The highest BCUT2D eigenvalue weighted by molar-refractivity contribution is 6.30. The van der Waals surface area contributed by atoms with Crippen molar-refractivity contribution in [3.8, 4) is 16.8 Å². The van der Waals surface area contributed by atoms with Gasteiger partial charge in [0.05, 0.1) is 36.5 Å². The van der Waals surface area contributed by atoms with E-state index < -0.39 is 17.5 Å². The summed E-state index contributed by atoms with van der Waals surface area (Å²) in [6.45, 7) is 0. The van der Waals surface area contributed by atoms with E-state index in [9.17, 15) is 14.4 Å². The highest BCUT2D eigenvalue weighted by atomic mass is 35.5. The first-order chi connectivity index (χ1) is 21.3. The maximum Gasteiger partial charge on any atom is 0.309 e. The first-order valence-corrected chi connectivity index (χ1v) is 13.8. The van der Waals surface area contributed by atoms with E-state index in [4.69, 9.17) is 22.1 Å². The van der Waals surface area contributed by atoms with Gasteiger partial charge in [-0.25, -0.2) is 5.10 Å². The van der Waals surface area contributed by atoms with Gasteiger partial charge in [0.25, 0.3) is 5.56 Å². The Hall–Kier alpha value is -5.62. The number of tetrazole rings is 1. The molecule has 0 fully saturated rings. The number of methoxy groups -OCH3 is 1. The van der Waals surface area contributed by atoms with Crippen LogP contribution < -0.4 is 16.6 Å². The molecule has 13 heteroatoms. The zero-order chi connectivity index (χ0) is 31.1. The normalized spacial score (nSPS) is 11.8. The summed E-state index contributed by atoms with van der Waals surface area (Å²) in [5, 5.41) is 21.6. The minimum absolute atomic E-state index is 0.115. The number of nitrogens with zero attached hydrogens (tertiary/aromatic N) is 5. The standard InChI is InChI=1S/C31H27ClN8O4/c1-44-30(42)15-20-2-6-21(7-3-20)25-17-27(36-37-31(25)43)26(14-19-4-10-24(33)11-5-19)35-29(41)13-8-22-16-23(32)9-12-28(22)40-18-34-38-39-40/h2-13,16-18,26H,14-15,33H2,1H3,(H,35,41)(H,37,43)/b13-8+/t26-/m0/s1. The smallest absolute Gasteiger partial charge is 0.309 e. The third-order valence-corrected chi connectivity index (χ3v) is 6.99. The van der Waals surface area contributed by atoms with Gasteiger partial charge in [0, 0.05) is 22.3 Å². The second-order valence-corrected chi connectivity index (χ2v) is 10.2. The molecular formula is C31H27ClN8O4. The molecule has 0 aliphatic rings. The fourth-order valence-electron chi connectivity index (χ4n) is 4.50. The number of rotatable bonds is 10.